The minimum absolute atomic E-state index is 0.0928. The normalized spacial score (nSPS) is 12.3. The quantitative estimate of drug-likeness (QED) is 0.119. The Balaban J connectivity index is 0.000000345. The summed E-state index contributed by atoms with van der Waals surface area (Å²) in [5, 5.41) is 27.6. The lowest BCUT2D eigenvalue weighted by molar-refractivity contribution is -0.193. The van der Waals surface area contributed by atoms with Crippen LogP contribution in [0.3, 0.4) is 0 Å². The lowest BCUT2D eigenvalue weighted by Crippen LogP contribution is -2.21. The Hall–Kier alpha value is -4.86. The molecule has 11 nitrogen and oxygen atoms in total. The molecule has 0 fully saturated rings. The zero-order valence-corrected chi connectivity index (χ0v) is 24.7. The highest BCUT2D eigenvalue weighted by atomic mass is 35.5. The first-order chi connectivity index (χ1) is 21.4. The summed E-state index contributed by atoms with van der Waals surface area (Å²) in [4.78, 5) is 35.2. The van der Waals surface area contributed by atoms with E-state index in [0.29, 0.717) is 38.4 Å². The number of aromatic nitrogens is 4. The summed E-state index contributed by atoms with van der Waals surface area (Å²) in [6.45, 7) is 3.72. The van der Waals surface area contributed by atoms with E-state index < -0.39 is 35.5 Å². The fourth-order valence-electron chi connectivity index (χ4n) is 3.72. The standard InChI is InChI=1S/C23H17ClN6OS.2C2HF3O2/c1-12(2)32(31)14-8-13(10-25)19(17(24)9-14)23-29-20-15-5-7-26-11-18(15)28-22-16(21(20)30-23)4-3-6-27-22;2*3-2(4,5)1(6)7/h3-9,11-12H,1-2H3,(H,27,28)(H,29,30);2*(H,6,7). The summed E-state index contributed by atoms with van der Waals surface area (Å²) in [5.74, 6) is -4.40. The number of imidazole rings is 1. The van der Waals surface area contributed by atoms with Crippen molar-refractivity contribution in [1.29, 1.82) is 5.26 Å². The molecule has 1 aromatic carbocycles. The SMILES string of the molecule is CC(C)[S+]([O-])c1cc(Cl)c(-c2nc3c([nH]2)-c2ccncc2Nc2ncccc2-3)c(C#N)c1.O=C(O)C(F)(F)F.O=C(O)C(F)(F)F. The molecule has 1 unspecified atom stereocenters. The van der Waals surface area contributed by atoms with Crippen LogP contribution in [-0.4, -0.2) is 64.2 Å². The zero-order valence-electron chi connectivity index (χ0n) is 23.2. The molecule has 242 valence electrons. The molecule has 0 radical (unpaired) electrons. The van der Waals surface area contributed by atoms with Crippen LogP contribution >= 0.6 is 11.6 Å². The third-order valence-corrected chi connectivity index (χ3v) is 7.53. The second-order valence-corrected chi connectivity index (χ2v) is 11.6. The number of carboxylic acid groups (broad SMARTS) is 2. The molecule has 0 bridgehead atoms. The van der Waals surface area contributed by atoms with Crippen LogP contribution in [0, 0.1) is 11.3 Å². The van der Waals surface area contributed by atoms with E-state index >= 15 is 0 Å². The van der Waals surface area contributed by atoms with Gasteiger partial charge in [0.05, 0.1) is 33.7 Å². The Morgan fingerprint density at radius 3 is 2.20 bits per heavy atom. The van der Waals surface area contributed by atoms with E-state index in [2.05, 4.69) is 26.3 Å². The minimum Gasteiger partial charge on any atom is -0.611 e. The Labute approximate surface area is 263 Å². The monoisotopic (exact) mass is 688 g/mol. The number of fused-ring (bicyclic) bond motifs is 5. The highest BCUT2D eigenvalue weighted by Crippen LogP contribution is 2.44. The summed E-state index contributed by atoms with van der Waals surface area (Å²) in [6.07, 6.45) is -5.02. The fraction of sp³-hybridized carbons (Fsp3) is 0.185. The number of hydrogen-bond donors (Lipinski definition) is 4. The molecule has 0 amide bonds. The average molecular weight is 689 g/mol. The van der Waals surface area contributed by atoms with Gasteiger partial charge in [-0.05, 0) is 43.2 Å². The molecule has 4 aromatic rings. The van der Waals surface area contributed by atoms with Crippen molar-refractivity contribution in [2.45, 2.75) is 36.3 Å². The second kappa shape index (κ2) is 14.1. The number of carboxylic acids is 2. The highest BCUT2D eigenvalue weighted by molar-refractivity contribution is 7.92. The van der Waals surface area contributed by atoms with E-state index in [-0.39, 0.29) is 5.25 Å². The van der Waals surface area contributed by atoms with E-state index in [0.717, 1.165) is 22.5 Å². The van der Waals surface area contributed by atoms with Crippen molar-refractivity contribution < 1.29 is 50.7 Å². The maximum atomic E-state index is 12.6. The average Bonchev–Trinajstić information content (AvgIpc) is 3.35. The number of halogens is 7. The van der Waals surface area contributed by atoms with Crippen molar-refractivity contribution in [3.05, 3.63) is 59.5 Å². The van der Waals surface area contributed by atoms with Crippen LogP contribution in [0.4, 0.5) is 37.8 Å². The van der Waals surface area contributed by atoms with Gasteiger partial charge in [-0.3, -0.25) is 4.98 Å². The zero-order chi connectivity index (χ0) is 34.6. The van der Waals surface area contributed by atoms with Crippen LogP contribution in [0.15, 0.2) is 53.8 Å². The number of nitriles is 1. The van der Waals surface area contributed by atoms with Gasteiger partial charge in [-0.15, -0.1) is 0 Å². The highest BCUT2D eigenvalue weighted by Gasteiger charge is 2.39. The number of rotatable bonds is 3. The van der Waals surface area contributed by atoms with Gasteiger partial charge in [-0.25, -0.2) is 19.6 Å². The molecule has 0 aliphatic carbocycles. The van der Waals surface area contributed by atoms with E-state index in [4.69, 9.17) is 36.4 Å². The van der Waals surface area contributed by atoms with E-state index in [1.165, 1.54) is 0 Å². The lowest BCUT2D eigenvalue weighted by Gasteiger charge is -2.15. The van der Waals surface area contributed by atoms with Gasteiger partial charge < -0.3 is 25.1 Å². The number of aromatic amines is 1. The van der Waals surface area contributed by atoms with Crippen LogP contribution in [0.5, 0.6) is 0 Å². The number of hydrogen-bond acceptors (Lipinski definition) is 8. The molecule has 1 aliphatic heterocycles. The lowest BCUT2D eigenvalue weighted by atomic mass is 10.1. The molecule has 46 heavy (non-hydrogen) atoms. The Morgan fingerprint density at radius 2 is 1.65 bits per heavy atom. The molecule has 4 heterocycles. The largest absolute Gasteiger partial charge is 0.611 e. The van der Waals surface area contributed by atoms with Crippen LogP contribution in [0.25, 0.3) is 33.9 Å². The first-order valence-corrected chi connectivity index (χ1v) is 14.0. The second-order valence-electron chi connectivity index (χ2n) is 9.15. The van der Waals surface area contributed by atoms with Gasteiger partial charge in [0.2, 0.25) is 0 Å². The number of nitrogens with zero attached hydrogens (tertiary/aromatic N) is 4. The van der Waals surface area contributed by atoms with Gasteiger partial charge in [0.25, 0.3) is 0 Å². The third kappa shape index (κ3) is 8.24. The number of H-pyrrole nitrogens is 1. The number of carbonyl (C=O) groups is 2. The molecular formula is C27H19ClF6N6O5S. The van der Waals surface area contributed by atoms with Crippen molar-refractivity contribution >= 4 is 46.2 Å². The van der Waals surface area contributed by atoms with Crippen molar-refractivity contribution in [3.63, 3.8) is 0 Å². The van der Waals surface area contributed by atoms with Crippen molar-refractivity contribution in [1.82, 2.24) is 19.9 Å². The summed E-state index contributed by atoms with van der Waals surface area (Å²) in [5.41, 5.74) is 4.72. The van der Waals surface area contributed by atoms with E-state index in [9.17, 15) is 36.2 Å². The molecule has 0 spiro atoms. The van der Waals surface area contributed by atoms with E-state index in [1.807, 2.05) is 32.0 Å². The Bertz CT molecular complexity index is 1720. The number of aliphatic carboxylic acids is 2. The number of nitrogens with one attached hydrogen (secondary N) is 2. The van der Waals surface area contributed by atoms with Gasteiger partial charge in [0.1, 0.15) is 28.7 Å². The van der Waals surface area contributed by atoms with Crippen LogP contribution in [-0.2, 0) is 20.8 Å². The first-order valence-electron chi connectivity index (χ1n) is 12.4. The number of pyridine rings is 2. The molecule has 5 rings (SSSR count). The number of benzene rings is 1. The van der Waals surface area contributed by atoms with Gasteiger partial charge in [-0.2, -0.15) is 31.6 Å². The van der Waals surface area contributed by atoms with Crippen molar-refractivity contribution in [3.8, 4) is 40.0 Å². The Morgan fingerprint density at radius 1 is 1.04 bits per heavy atom. The Kier molecular flexibility index (Phi) is 10.9. The molecule has 4 N–H and O–H groups in total. The molecule has 1 atom stereocenters. The molecule has 3 aromatic heterocycles. The fourth-order valence-corrected chi connectivity index (χ4v) is 5.10. The minimum atomic E-state index is -5.08. The van der Waals surface area contributed by atoms with Gasteiger partial charge in [-0.1, -0.05) is 11.6 Å². The molecule has 1 aliphatic rings. The van der Waals surface area contributed by atoms with Crippen molar-refractivity contribution in [2.24, 2.45) is 0 Å². The maximum absolute atomic E-state index is 12.6. The predicted molar refractivity (Wildman–Crippen MR) is 152 cm³/mol. The maximum Gasteiger partial charge on any atom is 0.490 e. The number of alkyl halides is 6. The van der Waals surface area contributed by atoms with Crippen molar-refractivity contribution in [2.75, 3.05) is 5.32 Å². The van der Waals surface area contributed by atoms with Crippen LogP contribution < -0.4 is 5.32 Å². The number of anilines is 2. The smallest absolute Gasteiger partial charge is 0.490 e. The predicted octanol–water partition coefficient (Wildman–Crippen LogP) is 6.57. The summed E-state index contributed by atoms with van der Waals surface area (Å²) >= 11 is 5.35. The first kappa shape index (κ1) is 35.6. The van der Waals surface area contributed by atoms with Gasteiger partial charge >= 0.3 is 24.3 Å². The van der Waals surface area contributed by atoms with E-state index in [1.54, 1.807) is 30.7 Å². The molecule has 19 heteroatoms. The molecule has 0 saturated carbocycles. The summed E-state index contributed by atoms with van der Waals surface area (Å²) in [6, 6.07) is 11.1. The summed E-state index contributed by atoms with van der Waals surface area (Å²) < 4.78 is 76.1. The molecule has 0 saturated heterocycles. The van der Waals surface area contributed by atoms with Gasteiger partial charge in [0, 0.05) is 35.7 Å². The van der Waals surface area contributed by atoms with Crippen LogP contribution in [0.1, 0.15) is 19.4 Å². The van der Waals surface area contributed by atoms with Gasteiger partial charge in [0.15, 0.2) is 4.90 Å². The topological polar surface area (TPSA) is 188 Å². The summed E-state index contributed by atoms with van der Waals surface area (Å²) in [7, 11) is 0. The molecular weight excluding hydrogens is 670 g/mol. The third-order valence-electron chi connectivity index (χ3n) is 5.68. The van der Waals surface area contributed by atoms with Crippen LogP contribution in [0.2, 0.25) is 5.02 Å².